The van der Waals surface area contributed by atoms with Gasteiger partial charge in [-0.15, -0.1) is 11.7 Å². The van der Waals surface area contributed by atoms with Crippen molar-refractivity contribution in [3.63, 3.8) is 0 Å². The van der Waals surface area contributed by atoms with Gasteiger partial charge in [-0.25, -0.2) is 13.4 Å². The van der Waals surface area contributed by atoms with Crippen LogP contribution in [-0.4, -0.2) is 81.7 Å². The van der Waals surface area contributed by atoms with E-state index in [-0.39, 0.29) is 37.2 Å². The average molecular weight is 720 g/mol. The lowest BCUT2D eigenvalue weighted by Gasteiger charge is -2.30. The number of carbonyl (C=O) groups excluding carboxylic acids is 3. The van der Waals surface area contributed by atoms with Crippen LogP contribution < -0.4 is 20.1 Å². The second kappa shape index (κ2) is 13.5. The van der Waals surface area contributed by atoms with Gasteiger partial charge < -0.3 is 24.7 Å². The molecule has 0 radical (unpaired) electrons. The van der Waals surface area contributed by atoms with E-state index in [4.69, 9.17) is 14.1 Å². The predicted octanol–water partition coefficient (Wildman–Crippen LogP) is 3.21. The number of ether oxygens (including phenoxy) is 1. The number of nitrogens with one attached hydrogen (secondary N) is 3. The van der Waals surface area contributed by atoms with Crippen LogP contribution in [0, 0.1) is 11.8 Å². The molecular formula is C36H45N7O7S. The Labute approximate surface area is 297 Å². The summed E-state index contributed by atoms with van der Waals surface area (Å²) in [7, 11) is -3.86. The fraction of sp³-hybridized carbons (Fsp3) is 0.556. The monoisotopic (exact) mass is 719 g/mol. The smallest absolute Gasteiger partial charge is 0.316 e. The Morgan fingerprint density at radius 2 is 1.96 bits per heavy atom. The normalized spacial score (nSPS) is 26.6. The maximum Gasteiger partial charge on any atom is 0.316 e. The van der Waals surface area contributed by atoms with Gasteiger partial charge in [0.25, 0.3) is 5.91 Å². The van der Waals surface area contributed by atoms with Crippen molar-refractivity contribution in [1.82, 2.24) is 30.1 Å². The molecule has 2 aromatic heterocycles. The van der Waals surface area contributed by atoms with Crippen molar-refractivity contribution in [3.05, 3.63) is 54.1 Å². The minimum absolute atomic E-state index is 0.0649. The van der Waals surface area contributed by atoms with Crippen molar-refractivity contribution in [3.8, 4) is 5.88 Å². The van der Waals surface area contributed by atoms with Gasteiger partial charge in [-0.3, -0.25) is 19.1 Å². The summed E-state index contributed by atoms with van der Waals surface area (Å²) < 4.78 is 40.0. The summed E-state index contributed by atoms with van der Waals surface area (Å²) in [6.07, 6.45) is 7.91. The zero-order valence-corrected chi connectivity index (χ0v) is 30.0. The number of hydrogen-bond donors (Lipinski definition) is 3. The van der Waals surface area contributed by atoms with Gasteiger partial charge >= 0.3 is 6.01 Å². The van der Waals surface area contributed by atoms with Gasteiger partial charge in [0.15, 0.2) is 0 Å². The lowest BCUT2D eigenvalue weighted by atomic mass is 10.00. The van der Waals surface area contributed by atoms with E-state index >= 15 is 0 Å². The molecule has 5 atom stereocenters. The van der Waals surface area contributed by atoms with Crippen molar-refractivity contribution in [2.75, 3.05) is 11.9 Å². The van der Waals surface area contributed by atoms with E-state index in [9.17, 15) is 22.8 Å². The molecular weight excluding hydrogens is 675 g/mol. The summed E-state index contributed by atoms with van der Waals surface area (Å²) >= 11 is 0. The van der Waals surface area contributed by atoms with E-state index in [0.29, 0.717) is 31.0 Å². The number of fused-ring (bicyclic) bond motifs is 5. The third-order valence-corrected chi connectivity index (χ3v) is 12.4. The number of anilines is 1. The molecule has 2 saturated carbocycles. The van der Waals surface area contributed by atoms with Crippen LogP contribution in [0.25, 0.3) is 10.8 Å². The van der Waals surface area contributed by atoms with E-state index in [1.54, 1.807) is 0 Å². The summed E-state index contributed by atoms with van der Waals surface area (Å²) in [5, 5.41) is 15.6. The molecule has 14 nitrogen and oxygen atoms in total. The first-order valence-electron chi connectivity index (χ1n) is 17.9. The Balaban J connectivity index is 1.23. The van der Waals surface area contributed by atoms with Crippen LogP contribution in [0.4, 0.5) is 6.01 Å². The van der Waals surface area contributed by atoms with Crippen molar-refractivity contribution in [2.45, 2.75) is 108 Å². The summed E-state index contributed by atoms with van der Waals surface area (Å²) in [6.45, 7) is 9.68. The number of sulfonamides is 1. The first kappa shape index (κ1) is 34.9. The largest absolute Gasteiger partial charge is 0.472 e. The minimum atomic E-state index is -3.86. The molecule has 2 aliphatic heterocycles. The first-order valence-corrected chi connectivity index (χ1v) is 19.4. The Morgan fingerprint density at radius 3 is 2.67 bits per heavy atom. The second-order valence-electron chi connectivity index (χ2n) is 14.6. The van der Waals surface area contributed by atoms with Gasteiger partial charge in [-0.1, -0.05) is 44.1 Å². The van der Waals surface area contributed by atoms with Gasteiger partial charge in [0, 0.05) is 30.3 Å². The molecule has 15 heteroatoms. The van der Waals surface area contributed by atoms with Crippen molar-refractivity contribution >= 4 is 44.5 Å². The zero-order chi connectivity index (χ0) is 36.1. The quantitative estimate of drug-likeness (QED) is 0.291. The number of rotatable bonds is 8. The van der Waals surface area contributed by atoms with Crippen LogP contribution in [0.5, 0.6) is 5.88 Å². The van der Waals surface area contributed by atoms with E-state index < -0.39 is 56.7 Å². The van der Waals surface area contributed by atoms with Gasteiger partial charge in [-0.05, 0) is 73.4 Å². The standard InChI is InChI=1S/C36H45N7O7S/c1-5-22-18-37-32-27-15-21(11-14-26(22)27)9-7-8-10-29-40-41-35(50-29)38-30(20(3)4)33(45)43-19-24(49-32)16-28(43)31(44)39-36(17-23(36)6-2)34(46)42-51(47,48)25-12-13-25/h6,11,14-15,18,20,23-25,28,30H,2,5,7-10,12-13,16-17,19H2,1,3-4H3,(H,38,41)(H,39,44)(H,42,46)/t23-,24+,28-,30-,36+/m0/s1. The third-order valence-electron chi connectivity index (χ3n) is 10.5. The summed E-state index contributed by atoms with van der Waals surface area (Å²) in [4.78, 5) is 48.4. The molecule has 272 valence electrons. The van der Waals surface area contributed by atoms with Crippen molar-refractivity contribution in [2.24, 2.45) is 11.8 Å². The highest BCUT2D eigenvalue weighted by atomic mass is 32.2. The van der Waals surface area contributed by atoms with Gasteiger partial charge in [-0.2, -0.15) is 0 Å². The lowest BCUT2D eigenvalue weighted by Crippen LogP contribution is -2.58. The number of pyridine rings is 1. The molecule has 7 rings (SSSR count). The molecule has 3 aromatic rings. The second-order valence-corrected chi connectivity index (χ2v) is 16.5. The topological polar surface area (TPSA) is 186 Å². The average Bonchev–Trinajstić information content (AvgIpc) is 4.00. The number of hydrogen-bond acceptors (Lipinski definition) is 11. The third kappa shape index (κ3) is 6.91. The molecule has 6 bridgehead atoms. The predicted molar refractivity (Wildman–Crippen MR) is 188 cm³/mol. The number of benzene rings is 1. The highest BCUT2D eigenvalue weighted by molar-refractivity contribution is 7.91. The van der Waals surface area contributed by atoms with Crippen molar-refractivity contribution < 1.29 is 32.0 Å². The number of carbonyl (C=O) groups is 3. The first-order chi connectivity index (χ1) is 24.4. The van der Waals surface area contributed by atoms with E-state index in [1.807, 2.05) is 20.0 Å². The summed E-state index contributed by atoms with van der Waals surface area (Å²) in [5.74, 6) is -1.61. The van der Waals surface area contributed by atoms with E-state index in [0.717, 1.165) is 47.6 Å². The highest BCUT2D eigenvalue weighted by Crippen LogP contribution is 2.45. The van der Waals surface area contributed by atoms with Gasteiger partial charge in [0.05, 0.1) is 11.8 Å². The number of aromatic nitrogens is 3. The SMILES string of the molecule is C=C[C@H]1C[C@]1(NC(=O)[C@@H]1C[C@@H]2CN1C(=O)[C@H](C(C)C)Nc1nnc(o1)CCCCc1ccc3c(CC)cnc(c3c1)O2)C(=O)NS(=O)(=O)C1CC1. The maximum absolute atomic E-state index is 14.4. The zero-order valence-electron chi connectivity index (χ0n) is 29.2. The van der Waals surface area contributed by atoms with Crippen LogP contribution in [-0.2, 0) is 43.7 Å². The number of aryl methyl sites for hydroxylation is 3. The molecule has 3 amide bonds. The molecule has 3 fully saturated rings. The summed E-state index contributed by atoms with van der Waals surface area (Å²) in [5.41, 5.74) is 0.712. The molecule has 1 saturated heterocycles. The van der Waals surface area contributed by atoms with Crippen LogP contribution in [0.15, 0.2) is 41.5 Å². The van der Waals surface area contributed by atoms with Crippen LogP contribution in [0.2, 0.25) is 0 Å². The molecule has 4 aliphatic rings. The Bertz CT molecular complexity index is 1980. The molecule has 4 heterocycles. The van der Waals surface area contributed by atoms with Crippen molar-refractivity contribution in [1.29, 1.82) is 0 Å². The van der Waals surface area contributed by atoms with Gasteiger partial charge in [0.2, 0.25) is 33.6 Å². The number of amides is 3. The molecule has 51 heavy (non-hydrogen) atoms. The fourth-order valence-corrected chi connectivity index (χ4v) is 8.61. The van der Waals surface area contributed by atoms with Crippen LogP contribution in [0.3, 0.4) is 0 Å². The molecule has 1 aromatic carbocycles. The van der Waals surface area contributed by atoms with Gasteiger partial charge in [0.1, 0.15) is 23.7 Å². The Kier molecular flexibility index (Phi) is 9.27. The summed E-state index contributed by atoms with van der Waals surface area (Å²) in [6, 6.07) is 4.56. The molecule has 0 spiro atoms. The highest BCUT2D eigenvalue weighted by Gasteiger charge is 2.62. The fourth-order valence-electron chi connectivity index (χ4n) is 7.25. The van der Waals surface area contributed by atoms with Crippen LogP contribution in [0.1, 0.15) is 76.3 Å². The van der Waals surface area contributed by atoms with E-state index in [2.05, 4.69) is 57.3 Å². The lowest BCUT2D eigenvalue weighted by molar-refractivity contribution is -0.140. The minimum Gasteiger partial charge on any atom is -0.472 e. The Morgan fingerprint density at radius 1 is 1.18 bits per heavy atom. The molecule has 0 unspecified atom stereocenters. The molecule has 3 N–H and O–H groups in total. The molecule has 2 aliphatic carbocycles. The van der Waals surface area contributed by atoms with E-state index in [1.165, 1.54) is 11.0 Å². The van der Waals surface area contributed by atoms with Crippen LogP contribution >= 0.6 is 0 Å². The Hall–Kier alpha value is -4.53. The number of nitrogens with zero attached hydrogens (tertiary/aromatic N) is 4. The maximum atomic E-state index is 14.4.